The Hall–Kier alpha value is -3.36. The van der Waals surface area contributed by atoms with E-state index in [9.17, 15) is 4.39 Å². The Morgan fingerprint density at radius 3 is 2.88 bits per heavy atom. The second-order valence-corrected chi connectivity index (χ2v) is 6.07. The SMILES string of the molecule is Fc1ccc(-c2cnc3c(n2)N(Cc2ccn4nccc4c2)N[NH2+]3)cc1. The minimum atomic E-state index is -0.269. The van der Waals surface area contributed by atoms with E-state index in [0.717, 1.165) is 28.3 Å². The first-order chi connectivity index (χ1) is 12.8. The summed E-state index contributed by atoms with van der Waals surface area (Å²) in [7, 11) is 0. The van der Waals surface area contributed by atoms with E-state index < -0.39 is 0 Å². The van der Waals surface area contributed by atoms with Gasteiger partial charge in [0.1, 0.15) is 5.82 Å². The molecule has 0 saturated carbocycles. The maximum Gasteiger partial charge on any atom is 0.290 e. The molecule has 0 unspecified atom stereocenters. The van der Waals surface area contributed by atoms with Crippen molar-refractivity contribution in [3.05, 3.63) is 72.4 Å². The summed E-state index contributed by atoms with van der Waals surface area (Å²) in [6.07, 6.45) is 5.41. The van der Waals surface area contributed by atoms with Crippen molar-refractivity contribution >= 4 is 17.2 Å². The molecule has 1 aromatic carbocycles. The van der Waals surface area contributed by atoms with Crippen LogP contribution in [0.4, 0.5) is 16.0 Å². The summed E-state index contributed by atoms with van der Waals surface area (Å²) in [4.78, 5) is 9.17. The molecule has 5 rings (SSSR count). The quantitative estimate of drug-likeness (QED) is 0.550. The van der Waals surface area contributed by atoms with Gasteiger partial charge in [0.05, 0.1) is 24.0 Å². The zero-order valence-corrected chi connectivity index (χ0v) is 13.7. The number of hydrogen-bond acceptors (Lipinski definition) is 5. The van der Waals surface area contributed by atoms with Gasteiger partial charge in [0.25, 0.3) is 5.82 Å². The number of hydrogen-bond donors (Lipinski definition) is 2. The van der Waals surface area contributed by atoms with Gasteiger partial charge in [0, 0.05) is 18.0 Å². The van der Waals surface area contributed by atoms with Gasteiger partial charge >= 0.3 is 0 Å². The Morgan fingerprint density at radius 1 is 1.12 bits per heavy atom. The number of benzene rings is 1. The highest BCUT2D eigenvalue weighted by atomic mass is 19.1. The van der Waals surface area contributed by atoms with E-state index >= 15 is 0 Å². The summed E-state index contributed by atoms with van der Waals surface area (Å²) in [5, 5.41) is 6.15. The summed E-state index contributed by atoms with van der Waals surface area (Å²) >= 11 is 0. The van der Waals surface area contributed by atoms with E-state index in [1.54, 1.807) is 24.5 Å². The summed E-state index contributed by atoms with van der Waals surface area (Å²) in [6.45, 7) is 0.632. The van der Waals surface area contributed by atoms with Gasteiger partial charge in [-0.25, -0.2) is 18.9 Å². The Balaban J connectivity index is 1.46. The van der Waals surface area contributed by atoms with Crippen LogP contribution in [0.1, 0.15) is 5.56 Å². The Morgan fingerprint density at radius 2 is 2.00 bits per heavy atom. The number of halogens is 1. The number of aromatic nitrogens is 4. The number of nitrogens with one attached hydrogen (secondary N) is 1. The van der Waals surface area contributed by atoms with Crippen molar-refractivity contribution in [3.63, 3.8) is 0 Å². The van der Waals surface area contributed by atoms with Gasteiger partial charge in [-0.3, -0.25) is 0 Å². The second kappa shape index (κ2) is 5.87. The van der Waals surface area contributed by atoms with Gasteiger partial charge in [0.15, 0.2) is 0 Å². The van der Waals surface area contributed by atoms with E-state index in [2.05, 4.69) is 21.7 Å². The molecule has 0 spiro atoms. The number of rotatable bonds is 3. The molecule has 7 nitrogen and oxygen atoms in total. The molecule has 8 heteroatoms. The van der Waals surface area contributed by atoms with Gasteiger partial charge in [0.2, 0.25) is 5.82 Å². The molecule has 26 heavy (non-hydrogen) atoms. The third kappa shape index (κ3) is 2.57. The topological polar surface area (TPSA) is 75.0 Å². The smallest absolute Gasteiger partial charge is 0.241 e. The van der Waals surface area contributed by atoms with Crippen LogP contribution in [0.25, 0.3) is 16.8 Å². The number of hydrazine groups is 1. The van der Waals surface area contributed by atoms with Crippen molar-refractivity contribution in [2.45, 2.75) is 6.54 Å². The maximum atomic E-state index is 13.1. The van der Waals surface area contributed by atoms with Gasteiger partial charge in [-0.1, -0.05) is 5.53 Å². The molecule has 3 N–H and O–H groups in total. The molecule has 3 aromatic heterocycles. The first-order valence-corrected chi connectivity index (χ1v) is 8.18. The summed E-state index contributed by atoms with van der Waals surface area (Å²) in [5.41, 5.74) is 8.73. The third-order valence-electron chi connectivity index (χ3n) is 4.34. The lowest BCUT2D eigenvalue weighted by Crippen LogP contribution is -2.88. The normalized spacial score (nSPS) is 13.3. The molecular formula is C18H15FN7+. The van der Waals surface area contributed by atoms with E-state index in [0.29, 0.717) is 12.2 Å². The lowest BCUT2D eigenvalue weighted by molar-refractivity contribution is -0.629. The highest BCUT2D eigenvalue weighted by Crippen LogP contribution is 2.25. The summed E-state index contributed by atoms with van der Waals surface area (Å²) < 4.78 is 15.0. The monoisotopic (exact) mass is 348 g/mol. The molecule has 0 saturated heterocycles. The predicted octanol–water partition coefficient (Wildman–Crippen LogP) is 1.57. The fraction of sp³-hybridized carbons (Fsp3) is 0.0556. The zero-order valence-electron chi connectivity index (χ0n) is 13.7. The van der Waals surface area contributed by atoms with Crippen molar-refractivity contribution in [2.75, 3.05) is 5.01 Å². The molecule has 0 aliphatic carbocycles. The van der Waals surface area contributed by atoms with Crippen molar-refractivity contribution in [1.29, 1.82) is 0 Å². The fourth-order valence-electron chi connectivity index (χ4n) is 3.02. The average molecular weight is 348 g/mol. The highest BCUT2D eigenvalue weighted by molar-refractivity contribution is 5.64. The minimum absolute atomic E-state index is 0.269. The van der Waals surface area contributed by atoms with Crippen molar-refractivity contribution in [2.24, 2.45) is 0 Å². The molecular weight excluding hydrogens is 333 g/mol. The van der Waals surface area contributed by atoms with Crippen LogP contribution in [-0.2, 0) is 6.54 Å². The molecule has 0 atom stereocenters. The molecule has 1 aliphatic rings. The molecule has 128 valence electrons. The summed E-state index contributed by atoms with van der Waals surface area (Å²) in [6, 6.07) is 12.3. The van der Waals surface area contributed by atoms with E-state index in [-0.39, 0.29) is 5.82 Å². The van der Waals surface area contributed by atoms with Crippen LogP contribution < -0.4 is 16.0 Å². The van der Waals surface area contributed by atoms with Crippen molar-refractivity contribution in [1.82, 2.24) is 25.1 Å². The number of nitrogens with two attached hydrogens (primary N) is 1. The lowest BCUT2D eigenvalue weighted by atomic mass is 10.1. The van der Waals surface area contributed by atoms with Crippen LogP contribution in [-0.4, -0.2) is 19.6 Å². The third-order valence-corrected chi connectivity index (χ3v) is 4.34. The molecule has 0 bridgehead atoms. The minimum Gasteiger partial charge on any atom is -0.241 e. The predicted molar refractivity (Wildman–Crippen MR) is 93.5 cm³/mol. The van der Waals surface area contributed by atoms with E-state index in [1.807, 2.05) is 33.3 Å². The Labute approximate surface area is 148 Å². The zero-order chi connectivity index (χ0) is 17.5. The molecule has 4 aromatic rings. The van der Waals surface area contributed by atoms with Gasteiger partial charge in [-0.2, -0.15) is 15.5 Å². The highest BCUT2D eigenvalue weighted by Gasteiger charge is 2.27. The van der Waals surface area contributed by atoms with Gasteiger partial charge in [-0.05, 0) is 48.0 Å². The van der Waals surface area contributed by atoms with Gasteiger partial charge in [-0.15, -0.1) is 0 Å². The molecule has 4 heterocycles. The number of fused-ring (bicyclic) bond motifs is 2. The van der Waals surface area contributed by atoms with Crippen LogP contribution in [0.3, 0.4) is 0 Å². The first kappa shape index (κ1) is 14.9. The molecule has 1 aliphatic heterocycles. The van der Waals surface area contributed by atoms with Crippen molar-refractivity contribution < 1.29 is 9.82 Å². The summed E-state index contributed by atoms with van der Waals surface area (Å²) in [5.74, 6) is 1.26. The standard InChI is InChI=1S/C18H14FN7/c19-14-3-1-13(2-4-14)16-10-20-17-18(22-16)26(24-23-17)11-12-6-8-25-15(9-12)5-7-21-25/h1-10,24H,11H2,(H,20,23)/p+1. The Bertz CT molecular complexity index is 1090. The number of anilines is 1. The lowest BCUT2D eigenvalue weighted by Gasteiger charge is -2.14. The molecule has 0 amide bonds. The Kier molecular flexibility index (Phi) is 3.37. The van der Waals surface area contributed by atoms with E-state index in [1.165, 1.54) is 12.1 Å². The largest absolute Gasteiger partial charge is 0.290 e. The van der Waals surface area contributed by atoms with Crippen LogP contribution in [0.5, 0.6) is 0 Å². The van der Waals surface area contributed by atoms with E-state index in [4.69, 9.17) is 4.98 Å². The average Bonchev–Trinajstić information content (AvgIpc) is 3.29. The van der Waals surface area contributed by atoms with Crippen molar-refractivity contribution in [3.8, 4) is 11.3 Å². The fourth-order valence-corrected chi connectivity index (χ4v) is 3.02. The second-order valence-electron chi connectivity index (χ2n) is 6.07. The van der Waals surface area contributed by atoms with Crippen LogP contribution in [0, 0.1) is 5.82 Å². The van der Waals surface area contributed by atoms with Crippen LogP contribution >= 0.6 is 0 Å². The first-order valence-electron chi connectivity index (χ1n) is 8.18. The number of quaternary nitrogens is 1. The number of nitrogens with zero attached hydrogens (tertiary/aromatic N) is 5. The van der Waals surface area contributed by atoms with Crippen LogP contribution in [0.15, 0.2) is 61.1 Å². The maximum absolute atomic E-state index is 13.1. The molecule has 0 radical (unpaired) electrons. The number of pyridine rings is 1. The van der Waals surface area contributed by atoms with Crippen LogP contribution in [0.2, 0.25) is 0 Å². The van der Waals surface area contributed by atoms with Gasteiger partial charge < -0.3 is 0 Å². The molecule has 0 fully saturated rings.